The van der Waals surface area contributed by atoms with Gasteiger partial charge in [0, 0.05) is 34.0 Å². The van der Waals surface area contributed by atoms with E-state index in [0.717, 1.165) is 48.2 Å². The van der Waals surface area contributed by atoms with Crippen LogP contribution in [0.4, 0.5) is 0 Å². The lowest BCUT2D eigenvalue weighted by Crippen LogP contribution is -2.36. The molecule has 1 fully saturated rings. The van der Waals surface area contributed by atoms with Crippen molar-refractivity contribution in [3.63, 3.8) is 0 Å². The summed E-state index contributed by atoms with van der Waals surface area (Å²) in [4.78, 5) is 27.4. The van der Waals surface area contributed by atoms with E-state index >= 15 is 0 Å². The molecule has 5 nitrogen and oxygen atoms in total. The quantitative estimate of drug-likeness (QED) is 0.449. The minimum atomic E-state index is -0.531. The van der Waals surface area contributed by atoms with Crippen LogP contribution in [0.2, 0.25) is 5.02 Å². The minimum absolute atomic E-state index is 0.0404. The van der Waals surface area contributed by atoms with Gasteiger partial charge < -0.3 is 14.8 Å². The molecular formula is C30H32ClNO4. The number of hydrogen-bond acceptors (Lipinski definition) is 5. The van der Waals surface area contributed by atoms with Gasteiger partial charge in [-0.1, -0.05) is 41.9 Å². The number of ether oxygens (including phenoxy) is 2. The third-order valence-electron chi connectivity index (χ3n) is 7.49. The second-order valence-electron chi connectivity index (χ2n) is 9.85. The Morgan fingerprint density at radius 2 is 1.78 bits per heavy atom. The molecule has 0 bridgehead atoms. The predicted molar refractivity (Wildman–Crippen MR) is 140 cm³/mol. The average molecular weight is 506 g/mol. The normalized spacial score (nSPS) is 22.4. The van der Waals surface area contributed by atoms with Crippen molar-refractivity contribution in [2.24, 2.45) is 0 Å². The highest BCUT2D eigenvalue weighted by molar-refractivity contribution is 6.30. The molecule has 1 N–H and O–H groups in total. The second kappa shape index (κ2) is 10.5. The van der Waals surface area contributed by atoms with Crippen LogP contribution in [-0.2, 0) is 14.3 Å². The Morgan fingerprint density at radius 3 is 2.50 bits per heavy atom. The molecule has 0 spiro atoms. The number of carbonyl (C=O) groups is 2. The lowest BCUT2D eigenvalue weighted by molar-refractivity contribution is -0.144. The van der Waals surface area contributed by atoms with Crippen molar-refractivity contribution in [2.75, 3.05) is 6.61 Å². The van der Waals surface area contributed by atoms with E-state index in [1.54, 1.807) is 0 Å². The molecule has 2 aromatic carbocycles. The number of allylic oxidation sites excluding steroid dienone is 3. The number of dihydropyridines is 1. The number of esters is 1. The van der Waals surface area contributed by atoms with Gasteiger partial charge in [-0.3, -0.25) is 4.79 Å². The van der Waals surface area contributed by atoms with Crippen LogP contribution in [0.3, 0.4) is 0 Å². The van der Waals surface area contributed by atoms with E-state index < -0.39 is 5.92 Å². The molecule has 2 aliphatic carbocycles. The van der Waals surface area contributed by atoms with Gasteiger partial charge in [0.25, 0.3) is 0 Å². The summed E-state index contributed by atoms with van der Waals surface area (Å²) in [7, 11) is 0. The first-order valence-corrected chi connectivity index (χ1v) is 13.3. The Labute approximate surface area is 217 Å². The van der Waals surface area contributed by atoms with Crippen LogP contribution in [0.25, 0.3) is 0 Å². The average Bonchev–Trinajstić information content (AvgIpc) is 3.37. The molecule has 36 heavy (non-hydrogen) atoms. The first-order valence-electron chi connectivity index (χ1n) is 12.9. The standard InChI is InChI=1S/C30H32ClNO4/c1-3-35-26-11-7-6-10-23(26)28-27(30(34)36-22-8-4-5-9-22)18(2)32-24-16-20(17-25(33)29(24)28)19-12-14-21(31)15-13-19/h6-7,10-15,20,22,28,32H,3-5,8-9,16-17H2,1-2H3/t20-,28+/m0/s1. The highest BCUT2D eigenvalue weighted by atomic mass is 35.5. The molecule has 3 aliphatic rings. The van der Waals surface area contributed by atoms with Gasteiger partial charge in [0.05, 0.1) is 18.1 Å². The molecule has 0 radical (unpaired) electrons. The van der Waals surface area contributed by atoms with Crippen LogP contribution in [0.5, 0.6) is 5.75 Å². The smallest absolute Gasteiger partial charge is 0.337 e. The Balaban J connectivity index is 1.57. The van der Waals surface area contributed by atoms with Gasteiger partial charge in [0.2, 0.25) is 0 Å². The van der Waals surface area contributed by atoms with Crippen LogP contribution in [0.15, 0.2) is 71.1 Å². The molecule has 0 amide bonds. The molecule has 5 rings (SSSR count). The zero-order chi connectivity index (χ0) is 25.2. The number of para-hydroxylation sites is 1. The van der Waals surface area contributed by atoms with Gasteiger partial charge in [0.1, 0.15) is 11.9 Å². The Morgan fingerprint density at radius 1 is 1.06 bits per heavy atom. The molecule has 2 aromatic rings. The first-order chi connectivity index (χ1) is 17.5. The minimum Gasteiger partial charge on any atom is -0.494 e. The Hall–Kier alpha value is -3.05. The van der Waals surface area contributed by atoms with Crippen LogP contribution in [-0.4, -0.2) is 24.5 Å². The molecule has 0 aromatic heterocycles. The van der Waals surface area contributed by atoms with Gasteiger partial charge >= 0.3 is 5.97 Å². The lowest BCUT2D eigenvalue weighted by Gasteiger charge is -2.37. The van der Waals surface area contributed by atoms with Gasteiger partial charge in [-0.2, -0.15) is 0 Å². The summed E-state index contributed by atoms with van der Waals surface area (Å²) in [5.74, 6) is -0.105. The zero-order valence-electron chi connectivity index (χ0n) is 20.8. The van der Waals surface area contributed by atoms with Crippen molar-refractivity contribution in [1.82, 2.24) is 5.32 Å². The monoisotopic (exact) mass is 505 g/mol. The third-order valence-corrected chi connectivity index (χ3v) is 7.75. The number of carbonyl (C=O) groups excluding carboxylic acids is 2. The molecule has 0 saturated heterocycles. The van der Waals surface area contributed by atoms with E-state index in [2.05, 4.69) is 5.32 Å². The number of halogens is 1. The maximum Gasteiger partial charge on any atom is 0.337 e. The fourth-order valence-corrected chi connectivity index (χ4v) is 5.94. The highest BCUT2D eigenvalue weighted by Crippen LogP contribution is 2.48. The molecule has 1 aliphatic heterocycles. The van der Waals surface area contributed by atoms with Gasteiger partial charge in [-0.25, -0.2) is 4.79 Å². The number of benzene rings is 2. The van der Waals surface area contributed by atoms with E-state index in [0.29, 0.717) is 41.4 Å². The van der Waals surface area contributed by atoms with E-state index in [-0.39, 0.29) is 23.8 Å². The second-order valence-corrected chi connectivity index (χ2v) is 10.3. The first kappa shape index (κ1) is 24.6. The number of nitrogens with one attached hydrogen (secondary N) is 1. The summed E-state index contributed by atoms with van der Waals surface area (Å²) in [5.41, 5.74) is 4.67. The third kappa shape index (κ3) is 4.81. The Bertz CT molecular complexity index is 1220. The van der Waals surface area contributed by atoms with Crippen molar-refractivity contribution in [2.45, 2.75) is 70.3 Å². The lowest BCUT2D eigenvalue weighted by atomic mass is 9.71. The van der Waals surface area contributed by atoms with Crippen LogP contribution in [0.1, 0.15) is 75.3 Å². The Kier molecular flexibility index (Phi) is 7.20. The van der Waals surface area contributed by atoms with Crippen LogP contribution < -0.4 is 10.1 Å². The van der Waals surface area contributed by atoms with Crippen LogP contribution >= 0.6 is 11.6 Å². The molecule has 0 unspecified atom stereocenters. The number of rotatable bonds is 6. The molecular weight excluding hydrogens is 474 g/mol. The largest absolute Gasteiger partial charge is 0.494 e. The zero-order valence-corrected chi connectivity index (χ0v) is 21.6. The van der Waals surface area contributed by atoms with Crippen molar-refractivity contribution < 1.29 is 19.1 Å². The van der Waals surface area contributed by atoms with Gasteiger partial charge in [-0.05, 0) is 75.6 Å². The molecule has 2 atom stereocenters. The summed E-state index contributed by atoms with van der Waals surface area (Å²) in [6.45, 7) is 4.33. The SMILES string of the molecule is CCOc1ccccc1[C@@H]1C(C(=O)OC2CCCC2)=C(C)NC2=C1C(=O)C[C@@H](c1ccc(Cl)cc1)C2. The van der Waals surface area contributed by atoms with Crippen molar-refractivity contribution >= 4 is 23.4 Å². The van der Waals surface area contributed by atoms with Crippen LogP contribution in [0, 0.1) is 0 Å². The topological polar surface area (TPSA) is 64.6 Å². The maximum atomic E-state index is 13.8. The fraction of sp³-hybridized carbons (Fsp3) is 0.400. The van der Waals surface area contributed by atoms with E-state index in [9.17, 15) is 9.59 Å². The summed E-state index contributed by atoms with van der Waals surface area (Å²) >= 11 is 6.09. The number of ketones is 1. The highest BCUT2D eigenvalue weighted by Gasteiger charge is 2.43. The maximum absolute atomic E-state index is 13.8. The number of Topliss-reactive ketones (excluding diaryl/α,β-unsaturated/α-hetero) is 1. The summed E-state index contributed by atoms with van der Waals surface area (Å²) in [6.07, 6.45) is 4.92. The molecule has 188 valence electrons. The summed E-state index contributed by atoms with van der Waals surface area (Å²) in [5, 5.41) is 4.11. The van der Waals surface area contributed by atoms with Gasteiger partial charge in [0.15, 0.2) is 5.78 Å². The molecule has 1 saturated carbocycles. The fourth-order valence-electron chi connectivity index (χ4n) is 5.82. The predicted octanol–water partition coefficient (Wildman–Crippen LogP) is 6.59. The van der Waals surface area contributed by atoms with E-state index in [1.807, 2.05) is 62.4 Å². The van der Waals surface area contributed by atoms with Crippen molar-refractivity contribution in [3.8, 4) is 5.75 Å². The number of hydrogen-bond donors (Lipinski definition) is 1. The van der Waals surface area contributed by atoms with Crippen molar-refractivity contribution in [3.05, 3.63) is 87.2 Å². The molecule has 1 heterocycles. The summed E-state index contributed by atoms with van der Waals surface area (Å²) < 4.78 is 11.9. The van der Waals surface area contributed by atoms with E-state index in [4.69, 9.17) is 21.1 Å². The summed E-state index contributed by atoms with van der Waals surface area (Å²) in [6, 6.07) is 15.4. The van der Waals surface area contributed by atoms with Crippen molar-refractivity contribution in [1.29, 1.82) is 0 Å². The van der Waals surface area contributed by atoms with Gasteiger partial charge in [-0.15, -0.1) is 0 Å². The molecule has 6 heteroatoms. The van der Waals surface area contributed by atoms with E-state index in [1.165, 1.54) is 0 Å².